The number of alkyl halides is 9. The average molecular weight is 610 g/mol. The highest BCUT2D eigenvalue weighted by Crippen LogP contribution is 2.32. The summed E-state index contributed by atoms with van der Waals surface area (Å²) in [5, 5.41) is 1.93. The number of amides is 2. The normalized spacial score (nSPS) is 21.5. The second-order valence-corrected chi connectivity index (χ2v) is 8.91. The molecule has 0 bridgehead atoms. The third-order valence-corrected chi connectivity index (χ3v) is 5.96. The Morgan fingerprint density at radius 2 is 1.37 bits per heavy atom. The molecule has 4 atom stereocenters. The van der Waals surface area contributed by atoms with Gasteiger partial charge in [-0.3, -0.25) is 9.59 Å². The molecule has 1 saturated heterocycles. The number of carbonyl (C=O) groups is 4. The lowest BCUT2D eigenvalue weighted by molar-refractivity contribution is -0.221. The second kappa shape index (κ2) is 14.5. The lowest BCUT2D eigenvalue weighted by Gasteiger charge is -2.46. The number of nitrogens with one attached hydrogen (secondary N) is 1. The molecular weight excluding hydrogens is 583 g/mol. The van der Waals surface area contributed by atoms with Gasteiger partial charge in [0.1, 0.15) is 6.10 Å². The molecule has 0 spiro atoms. The molecule has 232 valence electrons. The number of ether oxygens (including phenoxy) is 2. The van der Waals surface area contributed by atoms with Gasteiger partial charge in [-0.15, -0.1) is 0 Å². The van der Waals surface area contributed by atoms with E-state index in [1.807, 2.05) is 56.4 Å². The molecule has 1 N–H and O–H groups in total. The molecule has 2 amide bonds. The van der Waals surface area contributed by atoms with Crippen molar-refractivity contribution in [1.82, 2.24) is 10.2 Å². The molecular formula is C24H27F9N2O6. The first kappa shape index (κ1) is 35.7. The highest BCUT2D eigenvalue weighted by Gasteiger charge is 2.49. The minimum absolute atomic E-state index is 0.140. The lowest BCUT2D eigenvalue weighted by atomic mass is 9.79. The third kappa shape index (κ3) is 10.8. The first-order chi connectivity index (χ1) is 18.7. The second-order valence-electron chi connectivity index (χ2n) is 8.91. The molecule has 8 nitrogen and oxygen atoms in total. The summed E-state index contributed by atoms with van der Waals surface area (Å²) in [5.74, 6) is -8.96. The van der Waals surface area contributed by atoms with Gasteiger partial charge in [0.15, 0.2) is 0 Å². The van der Waals surface area contributed by atoms with Crippen molar-refractivity contribution in [2.24, 2.45) is 11.8 Å². The van der Waals surface area contributed by atoms with Gasteiger partial charge in [0.05, 0.1) is 12.6 Å². The van der Waals surface area contributed by atoms with Gasteiger partial charge < -0.3 is 19.7 Å². The summed E-state index contributed by atoms with van der Waals surface area (Å²) in [4.78, 5) is 45.1. The van der Waals surface area contributed by atoms with Crippen LogP contribution in [0.3, 0.4) is 0 Å². The van der Waals surface area contributed by atoms with Gasteiger partial charge in [-0.1, -0.05) is 51.1 Å². The fourth-order valence-electron chi connectivity index (χ4n) is 3.76. The SMILES string of the molecule is CCCN1C(=O)C(OCc2ccccc2)C(C)C(C)C1CNC(=O)C(F)(F)F.O=C(OC(=O)C(F)(F)F)C(F)(F)F. The molecule has 1 aromatic carbocycles. The van der Waals surface area contributed by atoms with Crippen molar-refractivity contribution in [2.45, 2.75) is 64.5 Å². The van der Waals surface area contributed by atoms with Crippen molar-refractivity contribution < 1.29 is 68.2 Å². The Bertz CT molecular complexity index is 1020. The molecule has 1 fully saturated rings. The van der Waals surface area contributed by atoms with Gasteiger partial charge in [-0.05, 0) is 23.8 Å². The first-order valence-electron chi connectivity index (χ1n) is 11.9. The highest BCUT2D eigenvalue weighted by molar-refractivity contribution is 5.90. The molecule has 2 rings (SSSR count). The molecule has 1 heterocycles. The van der Waals surface area contributed by atoms with Crippen LogP contribution in [0.1, 0.15) is 32.8 Å². The van der Waals surface area contributed by atoms with Crippen LogP contribution in [0.4, 0.5) is 39.5 Å². The fourth-order valence-corrected chi connectivity index (χ4v) is 3.76. The molecule has 1 aliphatic rings. The summed E-state index contributed by atoms with van der Waals surface area (Å²) in [5.41, 5.74) is 0.941. The van der Waals surface area contributed by atoms with Crippen LogP contribution in [0, 0.1) is 11.8 Å². The van der Waals surface area contributed by atoms with E-state index in [-0.39, 0.29) is 30.9 Å². The maximum atomic E-state index is 13.0. The topological polar surface area (TPSA) is 102 Å². The third-order valence-electron chi connectivity index (χ3n) is 5.96. The van der Waals surface area contributed by atoms with Gasteiger partial charge in [0, 0.05) is 13.1 Å². The van der Waals surface area contributed by atoms with Crippen molar-refractivity contribution in [3.8, 4) is 0 Å². The summed E-state index contributed by atoms with van der Waals surface area (Å²) in [6.45, 7) is 6.07. The Hall–Kier alpha value is -3.37. The van der Waals surface area contributed by atoms with Crippen molar-refractivity contribution in [3.05, 3.63) is 35.9 Å². The zero-order valence-corrected chi connectivity index (χ0v) is 21.8. The number of hydrogen-bond donors (Lipinski definition) is 1. The molecule has 0 aliphatic carbocycles. The van der Waals surface area contributed by atoms with Crippen LogP contribution in [0.5, 0.6) is 0 Å². The van der Waals surface area contributed by atoms with Crippen LogP contribution in [-0.2, 0) is 35.3 Å². The van der Waals surface area contributed by atoms with Crippen molar-refractivity contribution in [3.63, 3.8) is 0 Å². The molecule has 0 radical (unpaired) electrons. The number of benzene rings is 1. The molecule has 17 heteroatoms. The number of hydrogen-bond acceptors (Lipinski definition) is 6. The number of rotatable bonds is 7. The largest absolute Gasteiger partial charge is 0.491 e. The molecule has 0 saturated carbocycles. The minimum Gasteiger partial charge on any atom is -0.380 e. The summed E-state index contributed by atoms with van der Waals surface area (Å²) < 4.78 is 113. The predicted octanol–water partition coefficient (Wildman–Crippen LogP) is 4.32. The maximum Gasteiger partial charge on any atom is 0.491 e. The van der Waals surface area contributed by atoms with Crippen molar-refractivity contribution in [1.29, 1.82) is 0 Å². The van der Waals surface area contributed by atoms with Gasteiger partial charge in [0.2, 0.25) is 0 Å². The van der Waals surface area contributed by atoms with Gasteiger partial charge in [-0.25, -0.2) is 9.59 Å². The summed E-state index contributed by atoms with van der Waals surface area (Å²) in [7, 11) is 0. The number of carbonyl (C=O) groups excluding carboxylic acids is 4. The number of halogens is 9. The average Bonchev–Trinajstić information content (AvgIpc) is 2.86. The van der Waals surface area contributed by atoms with Crippen LogP contribution < -0.4 is 5.32 Å². The zero-order chi connectivity index (χ0) is 31.8. The summed E-state index contributed by atoms with van der Waals surface area (Å²) >= 11 is 0. The van der Waals surface area contributed by atoms with E-state index in [4.69, 9.17) is 4.74 Å². The van der Waals surface area contributed by atoms with E-state index < -0.39 is 48.5 Å². The number of likely N-dealkylation sites (tertiary alicyclic amines) is 1. The number of piperidine rings is 1. The van der Waals surface area contributed by atoms with E-state index >= 15 is 0 Å². The number of nitrogens with zero attached hydrogens (tertiary/aromatic N) is 1. The van der Waals surface area contributed by atoms with E-state index in [0.717, 1.165) is 5.56 Å². The Labute approximate surface area is 228 Å². The van der Waals surface area contributed by atoms with Crippen LogP contribution >= 0.6 is 0 Å². The van der Waals surface area contributed by atoms with Crippen LogP contribution in [0.15, 0.2) is 30.3 Å². The Kier molecular flexibility index (Phi) is 12.6. The quantitative estimate of drug-likeness (QED) is 0.281. The molecule has 41 heavy (non-hydrogen) atoms. The van der Waals surface area contributed by atoms with Crippen LogP contribution in [-0.4, -0.2) is 72.4 Å². The molecule has 1 aromatic rings. The first-order valence-corrected chi connectivity index (χ1v) is 11.9. The van der Waals surface area contributed by atoms with Crippen molar-refractivity contribution in [2.75, 3.05) is 13.1 Å². The van der Waals surface area contributed by atoms with Gasteiger partial charge in [-0.2, -0.15) is 39.5 Å². The molecule has 1 aliphatic heterocycles. The number of esters is 2. The van der Waals surface area contributed by atoms with Crippen LogP contribution in [0.25, 0.3) is 0 Å². The maximum absolute atomic E-state index is 13.0. The van der Waals surface area contributed by atoms with E-state index in [9.17, 15) is 58.7 Å². The van der Waals surface area contributed by atoms with Crippen LogP contribution in [0.2, 0.25) is 0 Å². The van der Waals surface area contributed by atoms with E-state index in [1.54, 1.807) is 4.90 Å². The Morgan fingerprint density at radius 3 is 1.80 bits per heavy atom. The van der Waals surface area contributed by atoms with E-state index in [1.165, 1.54) is 0 Å². The van der Waals surface area contributed by atoms with Crippen molar-refractivity contribution >= 4 is 23.8 Å². The summed E-state index contributed by atoms with van der Waals surface area (Å²) in [6, 6.07) is 8.96. The highest BCUT2D eigenvalue weighted by atomic mass is 19.4. The standard InChI is InChI=1S/C20H27F3N2O3.C4F6O3/c1-4-10-25-16(11-24-19(27)20(21,22)23)13(2)14(3)17(18(25)26)28-12-15-8-6-5-7-9-15;5-3(6,7)1(11)13-2(12)4(8,9)10/h5-9,13-14,16-17H,4,10-12H2,1-3H3,(H,24,27);. The molecule has 4 unspecified atom stereocenters. The van der Waals surface area contributed by atoms with Gasteiger partial charge >= 0.3 is 36.4 Å². The smallest absolute Gasteiger partial charge is 0.380 e. The minimum atomic E-state index is -5.62. The van der Waals surface area contributed by atoms with E-state index in [0.29, 0.717) is 13.0 Å². The Balaban J connectivity index is 0.000000545. The fraction of sp³-hybridized carbons (Fsp3) is 0.583. The molecule has 0 aromatic heterocycles. The monoisotopic (exact) mass is 610 g/mol. The Morgan fingerprint density at radius 1 is 0.854 bits per heavy atom. The zero-order valence-electron chi connectivity index (χ0n) is 21.8. The summed E-state index contributed by atoms with van der Waals surface area (Å²) in [6.07, 6.45) is -16.2. The van der Waals surface area contributed by atoms with Gasteiger partial charge in [0.25, 0.3) is 5.91 Å². The predicted molar refractivity (Wildman–Crippen MR) is 121 cm³/mol. The van der Waals surface area contributed by atoms with E-state index in [2.05, 4.69) is 4.74 Å². The lowest BCUT2D eigenvalue weighted by Crippen LogP contribution is -2.62.